The fourth-order valence-corrected chi connectivity index (χ4v) is 2.70. The molecule has 0 saturated heterocycles. The van der Waals surface area contributed by atoms with Gasteiger partial charge in [-0.3, -0.25) is 9.59 Å². The van der Waals surface area contributed by atoms with Crippen molar-refractivity contribution in [3.05, 3.63) is 71.8 Å². The van der Waals surface area contributed by atoms with Crippen LogP contribution in [-0.4, -0.2) is 23.5 Å². The molecule has 0 aliphatic carbocycles. The third kappa shape index (κ3) is 4.09. The van der Waals surface area contributed by atoms with Crippen LogP contribution in [-0.2, 0) is 15.1 Å². The van der Waals surface area contributed by atoms with Crippen LogP contribution in [0.1, 0.15) is 42.1 Å². The maximum Gasteiger partial charge on any atom is 0.303 e. The molecule has 0 heterocycles. The zero-order chi connectivity index (χ0) is 17.4. The number of ketones is 1. The van der Waals surface area contributed by atoms with Crippen LogP contribution < -0.4 is 0 Å². The lowest BCUT2D eigenvalue weighted by atomic mass is 9.82. The van der Waals surface area contributed by atoms with Crippen LogP contribution >= 0.6 is 0 Å². The average molecular weight is 326 g/mol. The maximum absolute atomic E-state index is 13.3. The quantitative estimate of drug-likeness (QED) is 0.706. The van der Waals surface area contributed by atoms with Gasteiger partial charge in [0, 0.05) is 18.6 Å². The number of hydrogen-bond acceptors (Lipinski definition) is 3. The molecule has 0 bridgehead atoms. The summed E-state index contributed by atoms with van der Waals surface area (Å²) in [7, 11) is 0. The fraction of sp³-hybridized carbons (Fsp3) is 0.300. The van der Waals surface area contributed by atoms with Gasteiger partial charge in [0.15, 0.2) is 11.4 Å². The summed E-state index contributed by atoms with van der Waals surface area (Å²) < 4.78 is 6.02. The minimum atomic E-state index is -1.28. The van der Waals surface area contributed by atoms with Crippen LogP contribution in [0.2, 0.25) is 0 Å². The normalized spacial score (nSPS) is 13.2. The van der Waals surface area contributed by atoms with Crippen LogP contribution in [0.5, 0.6) is 0 Å². The third-order valence-electron chi connectivity index (χ3n) is 3.89. The highest BCUT2D eigenvalue weighted by molar-refractivity contribution is 6.03. The smallest absolute Gasteiger partial charge is 0.303 e. The third-order valence-corrected chi connectivity index (χ3v) is 3.89. The average Bonchev–Trinajstić information content (AvgIpc) is 2.63. The van der Waals surface area contributed by atoms with Crippen molar-refractivity contribution in [2.75, 3.05) is 6.61 Å². The minimum absolute atomic E-state index is 0.0973. The van der Waals surface area contributed by atoms with Gasteiger partial charge in [0.2, 0.25) is 0 Å². The number of ether oxygens (including phenoxy) is 1. The number of carbonyl (C=O) groups is 2. The number of rotatable bonds is 9. The van der Waals surface area contributed by atoms with E-state index in [1.165, 1.54) is 0 Å². The molecule has 0 aromatic heterocycles. The molecule has 1 unspecified atom stereocenters. The van der Waals surface area contributed by atoms with Crippen molar-refractivity contribution < 1.29 is 19.4 Å². The van der Waals surface area contributed by atoms with Gasteiger partial charge in [0.25, 0.3) is 0 Å². The first-order valence-corrected chi connectivity index (χ1v) is 8.11. The van der Waals surface area contributed by atoms with Crippen LogP contribution in [0.15, 0.2) is 60.7 Å². The highest BCUT2D eigenvalue weighted by Crippen LogP contribution is 2.35. The molecule has 2 aromatic carbocycles. The van der Waals surface area contributed by atoms with Gasteiger partial charge in [-0.05, 0) is 18.4 Å². The van der Waals surface area contributed by atoms with Gasteiger partial charge in [-0.15, -0.1) is 0 Å². The van der Waals surface area contributed by atoms with Gasteiger partial charge in [-0.25, -0.2) is 0 Å². The summed E-state index contributed by atoms with van der Waals surface area (Å²) in [6, 6.07) is 18.0. The summed E-state index contributed by atoms with van der Waals surface area (Å²) in [5.74, 6) is -1.15. The summed E-state index contributed by atoms with van der Waals surface area (Å²) in [6.07, 6.45) is 0.695. The molecule has 0 amide bonds. The van der Waals surface area contributed by atoms with Gasteiger partial charge >= 0.3 is 5.97 Å². The van der Waals surface area contributed by atoms with E-state index in [0.717, 1.165) is 6.42 Å². The van der Waals surface area contributed by atoms with Gasteiger partial charge in [0.1, 0.15) is 0 Å². The lowest BCUT2D eigenvalue weighted by molar-refractivity contribution is -0.138. The molecule has 2 aromatic rings. The zero-order valence-corrected chi connectivity index (χ0v) is 13.8. The maximum atomic E-state index is 13.3. The predicted octanol–water partition coefficient (Wildman–Crippen LogP) is 4.06. The number of carbonyl (C=O) groups excluding carboxylic acids is 1. The van der Waals surface area contributed by atoms with Gasteiger partial charge in [-0.2, -0.15) is 0 Å². The van der Waals surface area contributed by atoms with E-state index in [1.807, 2.05) is 43.3 Å². The molecule has 0 spiro atoms. The second-order valence-electron chi connectivity index (χ2n) is 5.63. The number of hydrogen-bond donors (Lipinski definition) is 1. The van der Waals surface area contributed by atoms with Gasteiger partial charge < -0.3 is 9.84 Å². The SMILES string of the molecule is CCCOC(CCC(=O)O)(C(=O)c1ccccc1)c1ccccc1. The van der Waals surface area contributed by atoms with E-state index in [-0.39, 0.29) is 18.6 Å². The van der Waals surface area contributed by atoms with Crippen LogP contribution in [0.3, 0.4) is 0 Å². The monoisotopic (exact) mass is 326 g/mol. The van der Waals surface area contributed by atoms with E-state index in [0.29, 0.717) is 17.7 Å². The molecule has 4 nitrogen and oxygen atoms in total. The Morgan fingerprint density at radius 2 is 1.58 bits per heavy atom. The molecule has 0 fully saturated rings. The Morgan fingerprint density at radius 1 is 1.00 bits per heavy atom. The van der Waals surface area contributed by atoms with Crippen molar-refractivity contribution in [3.63, 3.8) is 0 Å². The first kappa shape index (κ1) is 17.9. The van der Waals surface area contributed by atoms with E-state index in [1.54, 1.807) is 24.3 Å². The lowest BCUT2D eigenvalue weighted by Gasteiger charge is -2.33. The van der Waals surface area contributed by atoms with Crippen molar-refractivity contribution in [2.45, 2.75) is 31.8 Å². The molecule has 4 heteroatoms. The minimum Gasteiger partial charge on any atom is -0.481 e. The molecule has 0 aliphatic heterocycles. The molecule has 126 valence electrons. The van der Waals surface area contributed by atoms with E-state index in [4.69, 9.17) is 9.84 Å². The van der Waals surface area contributed by atoms with E-state index in [2.05, 4.69) is 0 Å². The van der Waals surface area contributed by atoms with Gasteiger partial charge in [0.05, 0.1) is 0 Å². The summed E-state index contributed by atoms with van der Waals surface area (Å²) in [5.41, 5.74) is -0.0757. The Labute approximate surface area is 142 Å². The molecule has 0 radical (unpaired) electrons. The Hall–Kier alpha value is -2.46. The molecular weight excluding hydrogens is 304 g/mol. The number of carboxylic acids is 1. The molecular formula is C20H22O4. The van der Waals surface area contributed by atoms with Crippen LogP contribution in [0, 0.1) is 0 Å². The first-order chi connectivity index (χ1) is 11.6. The largest absolute Gasteiger partial charge is 0.481 e. The second kappa shape index (κ2) is 8.41. The molecule has 24 heavy (non-hydrogen) atoms. The highest BCUT2D eigenvalue weighted by atomic mass is 16.5. The standard InChI is InChI=1S/C20H22O4/c1-2-15-24-20(14-13-18(21)22,17-11-7-4-8-12-17)19(23)16-9-5-3-6-10-16/h3-12H,2,13-15H2,1H3,(H,21,22). The molecule has 2 rings (SSSR count). The number of Topliss-reactive ketones (excluding diaryl/α,β-unsaturated/α-hetero) is 1. The summed E-state index contributed by atoms with van der Waals surface area (Å²) in [6.45, 7) is 2.34. The Kier molecular flexibility index (Phi) is 6.27. The first-order valence-electron chi connectivity index (χ1n) is 8.11. The second-order valence-corrected chi connectivity index (χ2v) is 5.63. The van der Waals surface area contributed by atoms with Crippen molar-refractivity contribution in [3.8, 4) is 0 Å². The Balaban J connectivity index is 2.51. The summed E-state index contributed by atoms with van der Waals surface area (Å²) in [4.78, 5) is 24.4. The van der Waals surface area contributed by atoms with Gasteiger partial charge in [-0.1, -0.05) is 67.6 Å². The molecule has 1 atom stereocenters. The molecule has 0 saturated carbocycles. The van der Waals surface area contributed by atoms with E-state index >= 15 is 0 Å². The zero-order valence-electron chi connectivity index (χ0n) is 13.8. The van der Waals surface area contributed by atoms with Crippen molar-refractivity contribution in [1.29, 1.82) is 0 Å². The fourth-order valence-electron chi connectivity index (χ4n) is 2.70. The van der Waals surface area contributed by atoms with Crippen molar-refractivity contribution >= 4 is 11.8 Å². The van der Waals surface area contributed by atoms with Crippen LogP contribution in [0.4, 0.5) is 0 Å². The lowest BCUT2D eigenvalue weighted by Crippen LogP contribution is -2.40. The molecule has 1 N–H and O–H groups in total. The number of aliphatic carboxylic acids is 1. The van der Waals surface area contributed by atoms with E-state index < -0.39 is 11.6 Å². The summed E-state index contributed by atoms with van der Waals surface area (Å²) in [5, 5.41) is 9.13. The molecule has 0 aliphatic rings. The number of benzene rings is 2. The Morgan fingerprint density at radius 3 is 2.12 bits per heavy atom. The van der Waals surface area contributed by atoms with E-state index in [9.17, 15) is 9.59 Å². The van der Waals surface area contributed by atoms with Crippen molar-refractivity contribution in [2.24, 2.45) is 0 Å². The topological polar surface area (TPSA) is 63.6 Å². The van der Waals surface area contributed by atoms with Crippen molar-refractivity contribution in [1.82, 2.24) is 0 Å². The summed E-state index contributed by atoms with van der Waals surface area (Å²) >= 11 is 0. The Bertz CT molecular complexity index is 667. The predicted molar refractivity (Wildman–Crippen MR) is 92.0 cm³/mol. The van der Waals surface area contributed by atoms with Crippen LogP contribution in [0.25, 0.3) is 0 Å². The highest BCUT2D eigenvalue weighted by Gasteiger charge is 2.41. The number of carboxylic acid groups (broad SMARTS) is 1.